The Labute approximate surface area is 137 Å². The third-order valence-electron chi connectivity index (χ3n) is 3.35. The van der Waals surface area contributed by atoms with E-state index in [1.165, 1.54) is 0 Å². The van der Waals surface area contributed by atoms with Crippen molar-refractivity contribution in [3.63, 3.8) is 0 Å². The van der Waals surface area contributed by atoms with Gasteiger partial charge in [0.2, 0.25) is 5.75 Å². The zero-order valence-electron chi connectivity index (χ0n) is 14.0. The van der Waals surface area contributed by atoms with Crippen molar-refractivity contribution in [1.29, 1.82) is 0 Å². The molecule has 0 unspecified atom stereocenters. The summed E-state index contributed by atoms with van der Waals surface area (Å²) < 4.78 is 21.5. The van der Waals surface area contributed by atoms with Gasteiger partial charge in [-0.1, -0.05) is 24.3 Å². The molecule has 4 nitrogen and oxygen atoms in total. The first-order valence-corrected chi connectivity index (χ1v) is 7.42. The van der Waals surface area contributed by atoms with E-state index >= 15 is 0 Å². The van der Waals surface area contributed by atoms with Crippen LogP contribution < -0.4 is 18.9 Å². The standard InChI is InChI=1S/C19H22O4/c1-5-23-16-10-8-14(9-11-16)6-7-15-12-17(20-2)19(22-4)18(13-15)21-3/h6-13H,5H2,1-4H3/b7-6-. The molecule has 0 aliphatic heterocycles. The Morgan fingerprint density at radius 2 is 1.35 bits per heavy atom. The van der Waals surface area contributed by atoms with E-state index in [9.17, 15) is 0 Å². The van der Waals surface area contributed by atoms with Crippen LogP contribution in [0.2, 0.25) is 0 Å². The molecule has 0 aliphatic carbocycles. The largest absolute Gasteiger partial charge is 0.494 e. The fourth-order valence-corrected chi connectivity index (χ4v) is 2.23. The van der Waals surface area contributed by atoms with E-state index in [2.05, 4.69) is 0 Å². The zero-order chi connectivity index (χ0) is 16.7. The number of ether oxygens (including phenoxy) is 4. The molecular formula is C19H22O4. The Morgan fingerprint density at radius 1 is 0.783 bits per heavy atom. The van der Waals surface area contributed by atoms with Crippen molar-refractivity contribution in [3.8, 4) is 23.0 Å². The minimum Gasteiger partial charge on any atom is -0.494 e. The summed E-state index contributed by atoms with van der Waals surface area (Å²) in [4.78, 5) is 0. The number of methoxy groups -OCH3 is 3. The lowest BCUT2D eigenvalue weighted by molar-refractivity contribution is 0.324. The average Bonchev–Trinajstić information content (AvgIpc) is 2.60. The molecule has 4 heteroatoms. The van der Waals surface area contributed by atoms with Crippen LogP contribution >= 0.6 is 0 Å². The summed E-state index contributed by atoms with van der Waals surface area (Å²) in [5, 5.41) is 0. The van der Waals surface area contributed by atoms with E-state index in [-0.39, 0.29) is 0 Å². The lowest BCUT2D eigenvalue weighted by Gasteiger charge is -2.12. The van der Waals surface area contributed by atoms with Crippen LogP contribution in [0.1, 0.15) is 18.1 Å². The molecule has 0 N–H and O–H groups in total. The monoisotopic (exact) mass is 314 g/mol. The van der Waals surface area contributed by atoms with Crippen LogP contribution in [0.4, 0.5) is 0 Å². The fraction of sp³-hybridized carbons (Fsp3) is 0.263. The Balaban J connectivity index is 2.24. The van der Waals surface area contributed by atoms with Gasteiger partial charge in [-0.15, -0.1) is 0 Å². The summed E-state index contributed by atoms with van der Waals surface area (Å²) in [7, 11) is 4.81. The summed E-state index contributed by atoms with van der Waals surface area (Å²) in [5.41, 5.74) is 2.05. The minimum atomic E-state index is 0.591. The summed E-state index contributed by atoms with van der Waals surface area (Å²) in [5.74, 6) is 2.74. The van der Waals surface area contributed by atoms with Gasteiger partial charge in [0, 0.05) is 0 Å². The smallest absolute Gasteiger partial charge is 0.203 e. The zero-order valence-corrected chi connectivity index (χ0v) is 14.0. The van der Waals surface area contributed by atoms with Crippen molar-refractivity contribution in [2.24, 2.45) is 0 Å². The second-order valence-electron chi connectivity index (χ2n) is 4.79. The Bertz CT molecular complexity index is 635. The minimum absolute atomic E-state index is 0.591. The van der Waals surface area contributed by atoms with Crippen molar-refractivity contribution >= 4 is 12.2 Å². The number of hydrogen-bond donors (Lipinski definition) is 0. The van der Waals surface area contributed by atoms with Gasteiger partial charge in [-0.2, -0.15) is 0 Å². The van der Waals surface area contributed by atoms with Gasteiger partial charge in [0.05, 0.1) is 27.9 Å². The molecule has 2 rings (SSSR count). The number of rotatable bonds is 7. The van der Waals surface area contributed by atoms with E-state index in [4.69, 9.17) is 18.9 Å². The number of hydrogen-bond acceptors (Lipinski definition) is 4. The molecule has 0 fully saturated rings. The van der Waals surface area contributed by atoms with Crippen LogP contribution in [0, 0.1) is 0 Å². The van der Waals surface area contributed by atoms with Crippen molar-refractivity contribution in [2.45, 2.75) is 6.92 Å². The lowest BCUT2D eigenvalue weighted by atomic mass is 10.1. The van der Waals surface area contributed by atoms with Gasteiger partial charge in [0.1, 0.15) is 5.75 Å². The second kappa shape index (κ2) is 8.13. The Kier molecular flexibility index (Phi) is 5.92. The van der Waals surface area contributed by atoms with Crippen LogP contribution in [0.25, 0.3) is 12.2 Å². The normalized spacial score (nSPS) is 10.6. The third-order valence-corrected chi connectivity index (χ3v) is 3.35. The third kappa shape index (κ3) is 4.19. The quantitative estimate of drug-likeness (QED) is 0.715. The van der Waals surface area contributed by atoms with Crippen molar-refractivity contribution in [1.82, 2.24) is 0 Å². The second-order valence-corrected chi connectivity index (χ2v) is 4.79. The molecule has 2 aromatic carbocycles. The number of benzene rings is 2. The van der Waals surface area contributed by atoms with Crippen molar-refractivity contribution in [3.05, 3.63) is 47.5 Å². The van der Waals surface area contributed by atoms with Gasteiger partial charge in [-0.25, -0.2) is 0 Å². The highest BCUT2D eigenvalue weighted by Crippen LogP contribution is 2.38. The summed E-state index contributed by atoms with van der Waals surface area (Å²) >= 11 is 0. The molecule has 2 aromatic rings. The molecule has 0 spiro atoms. The van der Waals surface area contributed by atoms with Gasteiger partial charge < -0.3 is 18.9 Å². The molecule has 0 atom stereocenters. The predicted molar refractivity (Wildman–Crippen MR) is 92.6 cm³/mol. The first kappa shape index (κ1) is 16.7. The maximum Gasteiger partial charge on any atom is 0.203 e. The van der Waals surface area contributed by atoms with E-state index in [1.54, 1.807) is 21.3 Å². The van der Waals surface area contributed by atoms with Crippen LogP contribution in [-0.4, -0.2) is 27.9 Å². The Morgan fingerprint density at radius 3 is 1.83 bits per heavy atom. The predicted octanol–water partition coefficient (Wildman–Crippen LogP) is 4.28. The van der Waals surface area contributed by atoms with E-state index in [0.717, 1.165) is 16.9 Å². The highest BCUT2D eigenvalue weighted by Gasteiger charge is 2.11. The van der Waals surface area contributed by atoms with Crippen LogP contribution in [-0.2, 0) is 0 Å². The van der Waals surface area contributed by atoms with Crippen LogP contribution in [0.3, 0.4) is 0 Å². The van der Waals surface area contributed by atoms with Gasteiger partial charge in [0.25, 0.3) is 0 Å². The molecule has 0 saturated heterocycles. The lowest BCUT2D eigenvalue weighted by Crippen LogP contribution is -1.95. The highest BCUT2D eigenvalue weighted by molar-refractivity contribution is 5.72. The highest BCUT2D eigenvalue weighted by atomic mass is 16.5. The molecule has 0 amide bonds. The van der Waals surface area contributed by atoms with Gasteiger partial charge in [0.15, 0.2) is 11.5 Å². The average molecular weight is 314 g/mol. The van der Waals surface area contributed by atoms with Gasteiger partial charge in [-0.05, 0) is 42.3 Å². The topological polar surface area (TPSA) is 36.9 Å². The summed E-state index contributed by atoms with van der Waals surface area (Å²) in [6, 6.07) is 11.8. The molecule has 0 saturated carbocycles. The van der Waals surface area contributed by atoms with E-state index in [1.807, 2.05) is 55.5 Å². The fourth-order valence-electron chi connectivity index (χ4n) is 2.23. The Hall–Kier alpha value is -2.62. The molecule has 0 radical (unpaired) electrons. The van der Waals surface area contributed by atoms with Crippen molar-refractivity contribution < 1.29 is 18.9 Å². The maximum atomic E-state index is 5.44. The van der Waals surface area contributed by atoms with E-state index in [0.29, 0.717) is 23.9 Å². The first-order valence-electron chi connectivity index (χ1n) is 7.42. The molecule has 0 heterocycles. The summed E-state index contributed by atoms with van der Waals surface area (Å²) in [6.45, 7) is 2.64. The van der Waals surface area contributed by atoms with Gasteiger partial charge in [-0.3, -0.25) is 0 Å². The first-order chi connectivity index (χ1) is 11.2. The van der Waals surface area contributed by atoms with Crippen LogP contribution in [0.5, 0.6) is 23.0 Å². The molecule has 0 aliphatic rings. The molecule has 23 heavy (non-hydrogen) atoms. The maximum absolute atomic E-state index is 5.44. The van der Waals surface area contributed by atoms with Crippen LogP contribution in [0.15, 0.2) is 36.4 Å². The molecular weight excluding hydrogens is 292 g/mol. The molecule has 0 bridgehead atoms. The SMILES string of the molecule is CCOc1ccc(/C=C\c2cc(OC)c(OC)c(OC)c2)cc1. The van der Waals surface area contributed by atoms with E-state index < -0.39 is 0 Å². The molecule has 0 aromatic heterocycles. The van der Waals surface area contributed by atoms with Gasteiger partial charge >= 0.3 is 0 Å². The summed E-state index contributed by atoms with van der Waals surface area (Å²) in [6.07, 6.45) is 4.02. The molecule has 122 valence electrons. The van der Waals surface area contributed by atoms with Crippen molar-refractivity contribution in [2.75, 3.05) is 27.9 Å².